The van der Waals surface area contributed by atoms with Crippen LogP contribution in [0.1, 0.15) is 86.9 Å². The van der Waals surface area contributed by atoms with Crippen LogP contribution in [0.4, 0.5) is 4.79 Å². The molecule has 0 bridgehead atoms. The van der Waals surface area contributed by atoms with Gasteiger partial charge < -0.3 is 9.84 Å². The third-order valence-electron chi connectivity index (χ3n) is 7.06. The summed E-state index contributed by atoms with van der Waals surface area (Å²) in [5, 5.41) is 13.9. The number of allylic oxidation sites excluding steroid dienone is 1. The van der Waals surface area contributed by atoms with Gasteiger partial charge >= 0.3 is 6.09 Å². The van der Waals surface area contributed by atoms with Crippen LogP contribution in [0.2, 0.25) is 0 Å². The van der Waals surface area contributed by atoms with E-state index >= 15 is 0 Å². The Morgan fingerprint density at radius 2 is 1.62 bits per heavy atom. The van der Waals surface area contributed by atoms with E-state index in [1.165, 1.54) is 0 Å². The Morgan fingerprint density at radius 1 is 1.06 bits per heavy atom. The summed E-state index contributed by atoms with van der Waals surface area (Å²) in [7, 11) is 0. The Morgan fingerprint density at radius 3 is 2.16 bits per heavy atom. The molecule has 2 fully saturated rings. The fourth-order valence-electron chi connectivity index (χ4n) is 5.09. The number of rotatable bonds is 4. The van der Waals surface area contributed by atoms with Gasteiger partial charge in [0.2, 0.25) is 0 Å². The highest BCUT2D eigenvalue weighted by atomic mass is 16.6. The minimum atomic E-state index is -0.724. The van der Waals surface area contributed by atoms with Crippen molar-refractivity contribution in [1.82, 2.24) is 9.80 Å². The molecule has 2 aliphatic heterocycles. The van der Waals surface area contributed by atoms with Crippen molar-refractivity contribution in [2.24, 2.45) is 10.8 Å². The van der Waals surface area contributed by atoms with E-state index in [2.05, 4.69) is 6.92 Å². The summed E-state index contributed by atoms with van der Waals surface area (Å²) in [6.45, 7) is 8.00. The maximum atomic E-state index is 13.9. The van der Waals surface area contributed by atoms with Gasteiger partial charge in [0.1, 0.15) is 6.61 Å². The molecule has 3 amide bonds. The smallest absolute Gasteiger partial charge is 0.413 e. The average Bonchev–Trinajstić information content (AvgIpc) is 3.25. The van der Waals surface area contributed by atoms with Gasteiger partial charge in [-0.25, -0.2) is 9.69 Å². The molecule has 4 rings (SSSR count). The molecule has 0 spiro atoms. The second-order valence-electron chi connectivity index (χ2n) is 10.6. The number of imide groups is 1. The van der Waals surface area contributed by atoms with Crippen LogP contribution in [0, 0.1) is 10.8 Å². The molecule has 172 valence electrons. The Balaban J connectivity index is 1.82. The first-order chi connectivity index (χ1) is 15.0. The third-order valence-corrected chi connectivity index (χ3v) is 7.06. The number of carbonyl (C=O) groups excluding carboxylic acids is 3. The Hall–Kier alpha value is -2.83. The van der Waals surface area contributed by atoms with Crippen molar-refractivity contribution in [3.05, 3.63) is 47.0 Å². The molecule has 7 nitrogen and oxygen atoms in total. The van der Waals surface area contributed by atoms with Crippen molar-refractivity contribution in [3.63, 3.8) is 0 Å². The van der Waals surface area contributed by atoms with Crippen LogP contribution in [-0.2, 0) is 4.74 Å². The van der Waals surface area contributed by atoms with Crippen molar-refractivity contribution in [2.45, 2.75) is 72.3 Å². The number of hydrogen-bond acceptors (Lipinski definition) is 5. The van der Waals surface area contributed by atoms with Crippen LogP contribution in [0.15, 0.2) is 35.8 Å². The van der Waals surface area contributed by atoms with E-state index in [1.54, 1.807) is 24.3 Å². The summed E-state index contributed by atoms with van der Waals surface area (Å²) < 4.78 is 5.23. The SMILES string of the molecule is CC1(C/C(=C(\[O-])N2C(=O)OC[C@@H]2C(C)(C)C)N2C(=O)c3ccccc3C2=O)CCCCC1. The zero-order valence-electron chi connectivity index (χ0n) is 19.3. The number of fused-ring (bicyclic) bond motifs is 1. The molecule has 1 atom stereocenters. The summed E-state index contributed by atoms with van der Waals surface area (Å²) in [6, 6.07) is 6.12. The lowest BCUT2D eigenvalue weighted by Crippen LogP contribution is -2.47. The number of cyclic esters (lactones) is 1. The van der Waals surface area contributed by atoms with Gasteiger partial charge in [-0.05, 0) is 48.1 Å². The molecular formula is C25H31N2O5-. The molecule has 0 N–H and O–H groups in total. The first-order valence-corrected chi connectivity index (χ1v) is 11.4. The highest BCUT2D eigenvalue weighted by Gasteiger charge is 2.45. The van der Waals surface area contributed by atoms with Gasteiger partial charge in [0.25, 0.3) is 11.8 Å². The Kier molecular flexibility index (Phi) is 5.55. The summed E-state index contributed by atoms with van der Waals surface area (Å²) in [5.41, 5.74) is 0.0120. The molecule has 1 saturated heterocycles. The van der Waals surface area contributed by atoms with E-state index in [9.17, 15) is 19.5 Å². The Labute approximate surface area is 189 Å². The summed E-state index contributed by atoms with van der Waals surface area (Å²) >= 11 is 0. The van der Waals surface area contributed by atoms with Crippen molar-refractivity contribution in [3.8, 4) is 0 Å². The third kappa shape index (κ3) is 3.78. The molecule has 0 unspecified atom stereocenters. The number of amides is 3. The van der Waals surface area contributed by atoms with Crippen LogP contribution >= 0.6 is 0 Å². The number of hydrogen-bond donors (Lipinski definition) is 0. The number of ether oxygens (including phenoxy) is 1. The zero-order valence-corrected chi connectivity index (χ0v) is 19.3. The molecule has 0 radical (unpaired) electrons. The molecule has 1 saturated carbocycles. The second-order valence-corrected chi connectivity index (χ2v) is 10.6. The predicted octanol–water partition coefficient (Wildman–Crippen LogP) is 4.04. The first kappa shape index (κ1) is 22.4. The lowest BCUT2D eigenvalue weighted by molar-refractivity contribution is -0.333. The largest absolute Gasteiger partial charge is 0.859 e. The maximum Gasteiger partial charge on any atom is 0.413 e. The van der Waals surface area contributed by atoms with E-state index < -0.39 is 35.2 Å². The molecule has 7 heteroatoms. The minimum absolute atomic E-state index is 0.0775. The monoisotopic (exact) mass is 439 g/mol. The first-order valence-electron chi connectivity index (χ1n) is 11.4. The van der Waals surface area contributed by atoms with Crippen molar-refractivity contribution in [2.75, 3.05) is 6.61 Å². The average molecular weight is 440 g/mol. The van der Waals surface area contributed by atoms with Gasteiger partial charge in [0.15, 0.2) is 0 Å². The van der Waals surface area contributed by atoms with E-state index in [4.69, 9.17) is 4.74 Å². The predicted molar refractivity (Wildman–Crippen MR) is 116 cm³/mol. The number of benzene rings is 1. The Bertz CT molecular complexity index is 949. The standard InChI is InChI=1S/C25H32N2O5/c1-24(2,3)19-15-32-23(31)27(19)22(30)18(14-25(4)12-8-5-9-13-25)26-20(28)16-10-6-7-11-17(16)21(26)29/h6-7,10-11,19,30H,5,8-9,12-15H2,1-4H3/p-1/b22-18+/t19-/m1/s1. The molecule has 32 heavy (non-hydrogen) atoms. The van der Waals surface area contributed by atoms with Gasteiger partial charge in [-0.1, -0.05) is 59.1 Å². The van der Waals surface area contributed by atoms with Crippen LogP contribution < -0.4 is 5.11 Å². The van der Waals surface area contributed by atoms with Crippen LogP contribution in [0.25, 0.3) is 0 Å². The zero-order chi connectivity index (χ0) is 23.3. The van der Waals surface area contributed by atoms with E-state index in [1.807, 2.05) is 20.8 Å². The lowest BCUT2D eigenvalue weighted by Gasteiger charge is -2.41. The van der Waals surface area contributed by atoms with Crippen molar-refractivity contribution < 1.29 is 24.2 Å². The van der Waals surface area contributed by atoms with Gasteiger partial charge in [-0.15, -0.1) is 0 Å². The van der Waals surface area contributed by atoms with Gasteiger partial charge in [0, 0.05) is 5.70 Å². The normalized spacial score (nSPS) is 23.9. The molecular weight excluding hydrogens is 408 g/mol. The summed E-state index contributed by atoms with van der Waals surface area (Å²) in [4.78, 5) is 41.3. The summed E-state index contributed by atoms with van der Waals surface area (Å²) in [5.74, 6) is -1.62. The summed E-state index contributed by atoms with van der Waals surface area (Å²) in [6.07, 6.45) is 4.56. The number of nitrogens with zero attached hydrogens (tertiary/aromatic N) is 2. The van der Waals surface area contributed by atoms with Crippen LogP contribution in [0.5, 0.6) is 0 Å². The molecule has 1 aliphatic carbocycles. The van der Waals surface area contributed by atoms with Gasteiger partial charge in [0.05, 0.1) is 17.2 Å². The van der Waals surface area contributed by atoms with Crippen molar-refractivity contribution >= 4 is 17.9 Å². The number of carbonyl (C=O) groups is 3. The van der Waals surface area contributed by atoms with E-state index in [-0.39, 0.29) is 35.3 Å². The maximum absolute atomic E-state index is 13.9. The quantitative estimate of drug-likeness (QED) is 0.522. The fraction of sp³-hybridized carbons (Fsp3) is 0.560. The van der Waals surface area contributed by atoms with Crippen LogP contribution in [-0.4, -0.2) is 40.4 Å². The minimum Gasteiger partial charge on any atom is -0.859 e. The molecule has 1 aromatic carbocycles. The molecule has 1 aromatic rings. The second kappa shape index (κ2) is 7.94. The van der Waals surface area contributed by atoms with Gasteiger partial charge in [-0.2, -0.15) is 0 Å². The topological polar surface area (TPSA) is 90.0 Å². The molecule has 3 aliphatic rings. The lowest BCUT2D eigenvalue weighted by atomic mass is 9.72. The fourth-order valence-corrected chi connectivity index (χ4v) is 5.09. The molecule has 0 aromatic heterocycles. The highest BCUT2D eigenvalue weighted by Crippen LogP contribution is 2.44. The van der Waals surface area contributed by atoms with Gasteiger partial charge in [-0.3, -0.25) is 14.5 Å². The molecule has 2 heterocycles. The highest BCUT2D eigenvalue weighted by molar-refractivity contribution is 6.22. The van der Waals surface area contributed by atoms with Crippen LogP contribution in [0.3, 0.4) is 0 Å². The van der Waals surface area contributed by atoms with Crippen molar-refractivity contribution in [1.29, 1.82) is 0 Å². The van der Waals surface area contributed by atoms with E-state index in [0.717, 1.165) is 41.9 Å². The van der Waals surface area contributed by atoms with E-state index in [0.29, 0.717) is 0 Å².